The van der Waals surface area contributed by atoms with Crippen molar-refractivity contribution in [1.82, 2.24) is 0 Å². The zero-order valence-electron chi connectivity index (χ0n) is 4.22. The average molecular weight is 237 g/mol. The van der Waals surface area contributed by atoms with E-state index in [1.54, 1.807) is 0 Å². The molecule has 0 bridgehead atoms. The summed E-state index contributed by atoms with van der Waals surface area (Å²) in [6.07, 6.45) is 0. The summed E-state index contributed by atoms with van der Waals surface area (Å²) >= 11 is 0. The molecule has 10 heteroatoms. The van der Waals surface area contributed by atoms with Gasteiger partial charge in [0.2, 0.25) is 0 Å². The van der Waals surface area contributed by atoms with Gasteiger partial charge in [-0.2, -0.15) is 4.31 Å². The molecule has 0 aliphatic rings. The summed E-state index contributed by atoms with van der Waals surface area (Å²) in [5.41, 5.74) is 0. The van der Waals surface area contributed by atoms with Crippen LogP contribution in [0.4, 0.5) is 0 Å². The fourth-order valence-electron chi connectivity index (χ4n) is 0.139. The third-order valence-electron chi connectivity index (χ3n) is 0.213. The molecular weight excluding hydrogens is 233 g/mol. The fraction of sp³-hybridized carbons (Fsp3) is 0. The second-order valence-corrected chi connectivity index (χ2v) is 3.68. The quantitative estimate of drug-likeness (QED) is 0.365. The van der Waals surface area contributed by atoms with E-state index in [1.807, 2.05) is 0 Å². The SMILES string of the molecule is O=P(O)(O)OP(=O)(O)O.[Ni]. The van der Waals surface area contributed by atoms with Crippen molar-refractivity contribution < 1.29 is 49.5 Å². The van der Waals surface area contributed by atoms with Crippen LogP contribution in [0.25, 0.3) is 0 Å². The summed E-state index contributed by atoms with van der Waals surface area (Å²) in [6.45, 7) is 0. The normalized spacial score (nSPS) is 12.4. The minimum Gasteiger partial charge on any atom is -0.302 e. The molecule has 0 saturated carbocycles. The summed E-state index contributed by atoms with van der Waals surface area (Å²) in [5.74, 6) is 0. The maximum Gasteiger partial charge on any atom is 0.478 e. The van der Waals surface area contributed by atoms with Crippen LogP contribution in [-0.4, -0.2) is 19.6 Å². The summed E-state index contributed by atoms with van der Waals surface area (Å²) in [4.78, 5) is 31.0. The van der Waals surface area contributed by atoms with Gasteiger partial charge in [-0.15, -0.1) is 0 Å². The van der Waals surface area contributed by atoms with Gasteiger partial charge in [-0.05, 0) is 0 Å². The smallest absolute Gasteiger partial charge is 0.302 e. The zero-order chi connectivity index (χ0) is 7.71. The third-order valence-corrected chi connectivity index (χ3v) is 1.91. The van der Waals surface area contributed by atoms with Crippen molar-refractivity contribution in [3.8, 4) is 0 Å². The fourth-order valence-corrected chi connectivity index (χ4v) is 1.25. The van der Waals surface area contributed by atoms with Gasteiger partial charge in [0.1, 0.15) is 0 Å². The van der Waals surface area contributed by atoms with Crippen LogP contribution >= 0.6 is 15.6 Å². The molecule has 0 amide bonds. The number of rotatable bonds is 2. The minimum atomic E-state index is -5.05. The van der Waals surface area contributed by atoms with Crippen LogP contribution in [0.1, 0.15) is 0 Å². The molecule has 0 aromatic heterocycles. The third kappa shape index (κ3) is 11.5. The molecule has 0 atom stereocenters. The largest absolute Gasteiger partial charge is 0.478 e. The van der Waals surface area contributed by atoms with Gasteiger partial charge in [-0.3, -0.25) is 0 Å². The van der Waals surface area contributed by atoms with Crippen LogP contribution in [0.5, 0.6) is 0 Å². The van der Waals surface area contributed by atoms with E-state index in [2.05, 4.69) is 4.31 Å². The zero-order valence-corrected chi connectivity index (χ0v) is 7.00. The number of hydrogen-bond donors (Lipinski definition) is 4. The van der Waals surface area contributed by atoms with Crippen molar-refractivity contribution in [3.05, 3.63) is 0 Å². The van der Waals surface area contributed by atoms with Gasteiger partial charge in [-0.25, -0.2) is 9.13 Å². The van der Waals surface area contributed by atoms with Crippen molar-refractivity contribution in [3.63, 3.8) is 0 Å². The van der Waals surface area contributed by atoms with Gasteiger partial charge in [0, 0.05) is 16.5 Å². The Morgan fingerprint density at radius 2 is 1.10 bits per heavy atom. The van der Waals surface area contributed by atoms with E-state index in [0.29, 0.717) is 0 Å². The Hall–Kier alpha value is 0.754. The van der Waals surface area contributed by atoms with E-state index in [9.17, 15) is 9.13 Å². The molecule has 0 spiro atoms. The van der Waals surface area contributed by atoms with Crippen LogP contribution in [0.2, 0.25) is 0 Å². The predicted molar refractivity (Wildman–Crippen MR) is 25.2 cm³/mol. The Morgan fingerprint density at radius 3 is 1.10 bits per heavy atom. The topological polar surface area (TPSA) is 124 Å². The van der Waals surface area contributed by atoms with Crippen molar-refractivity contribution in [2.45, 2.75) is 0 Å². The van der Waals surface area contributed by atoms with Crippen molar-refractivity contribution in [2.75, 3.05) is 0 Å². The second kappa shape index (κ2) is 3.95. The first-order valence-electron chi connectivity index (χ1n) is 1.53. The standard InChI is InChI=1S/Ni.H4O7P2/c;1-8(2,3)7-9(4,5)6/h;(H2,1,2,3)(H2,4,5,6). The summed E-state index contributed by atoms with van der Waals surface area (Å²) in [7, 11) is -10.1. The van der Waals surface area contributed by atoms with Crippen LogP contribution < -0.4 is 0 Å². The molecule has 0 unspecified atom stereocenters. The van der Waals surface area contributed by atoms with Gasteiger partial charge in [0.25, 0.3) is 0 Å². The van der Waals surface area contributed by atoms with Gasteiger partial charge in [0.05, 0.1) is 0 Å². The summed E-state index contributed by atoms with van der Waals surface area (Å²) in [5, 5.41) is 0. The van der Waals surface area contributed by atoms with E-state index >= 15 is 0 Å². The second-order valence-electron chi connectivity index (χ2n) is 1.06. The maximum absolute atomic E-state index is 9.63. The Bertz CT molecular complexity index is 152. The monoisotopic (exact) mass is 236 g/mol. The molecule has 0 fully saturated rings. The van der Waals surface area contributed by atoms with E-state index in [0.717, 1.165) is 0 Å². The van der Waals surface area contributed by atoms with Crippen LogP contribution in [0.15, 0.2) is 0 Å². The molecular formula is H4NiO7P2. The van der Waals surface area contributed by atoms with Crippen LogP contribution in [-0.2, 0) is 29.9 Å². The maximum atomic E-state index is 9.63. The molecule has 0 aromatic carbocycles. The first-order chi connectivity index (χ1) is 3.71. The molecule has 0 aliphatic heterocycles. The van der Waals surface area contributed by atoms with Crippen LogP contribution in [0.3, 0.4) is 0 Å². The molecule has 0 radical (unpaired) electrons. The Labute approximate surface area is 65.8 Å². The summed E-state index contributed by atoms with van der Waals surface area (Å²) < 4.78 is 22.2. The van der Waals surface area contributed by atoms with Crippen molar-refractivity contribution in [1.29, 1.82) is 0 Å². The van der Waals surface area contributed by atoms with Crippen LogP contribution in [0, 0.1) is 0 Å². The molecule has 0 heterocycles. The molecule has 0 rings (SSSR count). The first-order valence-corrected chi connectivity index (χ1v) is 4.59. The van der Waals surface area contributed by atoms with Gasteiger partial charge >= 0.3 is 15.6 Å². The van der Waals surface area contributed by atoms with Gasteiger partial charge in [-0.1, -0.05) is 0 Å². The average Bonchev–Trinajstić information content (AvgIpc) is 1.14. The molecule has 0 aliphatic carbocycles. The van der Waals surface area contributed by atoms with E-state index in [1.165, 1.54) is 0 Å². The van der Waals surface area contributed by atoms with E-state index in [4.69, 9.17) is 19.6 Å². The summed E-state index contributed by atoms with van der Waals surface area (Å²) in [6, 6.07) is 0. The predicted octanol–water partition coefficient (Wildman–Crippen LogP) is -0.814. The van der Waals surface area contributed by atoms with Crippen molar-refractivity contribution >= 4 is 15.6 Å². The molecule has 0 saturated heterocycles. The number of phosphoric acid groups is 2. The molecule has 66 valence electrons. The molecule has 4 N–H and O–H groups in total. The molecule has 0 aromatic rings. The van der Waals surface area contributed by atoms with E-state index < -0.39 is 15.6 Å². The molecule has 10 heavy (non-hydrogen) atoms. The Kier molecular flexibility index (Phi) is 5.27. The van der Waals surface area contributed by atoms with Crippen molar-refractivity contribution in [2.24, 2.45) is 0 Å². The Morgan fingerprint density at radius 1 is 0.900 bits per heavy atom. The number of hydrogen-bond acceptors (Lipinski definition) is 3. The first kappa shape index (κ1) is 13.4. The van der Waals surface area contributed by atoms with Gasteiger partial charge < -0.3 is 19.6 Å². The minimum absolute atomic E-state index is 0. The van der Waals surface area contributed by atoms with Gasteiger partial charge in [0.15, 0.2) is 0 Å². The Balaban J connectivity index is 0. The molecule has 7 nitrogen and oxygen atoms in total. The van der Waals surface area contributed by atoms with E-state index in [-0.39, 0.29) is 16.5 Å².